The summed E-state index contributed by atoms with van der Waals surface area (Å²) in [4.78, 5) is 45.4. The summed E-state index contributed by atoms with van der Waals surface area (Å²) in [6.45, 7) is 3.28. The first-order valence-electron chi connectivity index (χ1n) is 13.9. The molecular formula is C31H41N3O5. The lowest BCUT2D eigenvalue weighted by molar-refractivity contribution is -0.138. The van der Waals surface area contributed by atoms with Crippen molar-refractivity contribution < 1.29 is 23.9 Å². The average Bonchev–Trinajstić information content (AvgIpc) is 3.46. The van der Waals surface area contributed by atoms with Crippen molar-refractivity contribution >= 4 is 24.1 Å². The van der Waals surface area contributed by atoms with E-state index < -0.39 is 18.2 Å². The number of aliphatic imine (C=N–C) groups is 1. The summed E-state index contributed by atoms with van der Waals surface area (Å²) in [6, 6.07) is 17.3. The van der Waals surface area contributed by atoms with Gasteiger partial charge in [-0.1, -0.05) is 80.4 Å². The standard InChI is InChI=1S/C31H41N3O5/c1-3-4-12-25(18-20-38-2)22-32-29(35)28-17-11-19-34(28)30(36)27(21-24-13-7-5-8-14-24)33-31(37)39-23-26-15-9-6-10-16-26/h5-10,13-16,22,25,27-28H,3-4,11-12,17-21,23H2,1-2H3,(H,33,37)/t25?,27-,28+/m1/s1. The SMILES string of the molecule is CCCCC(C=NC(=O)[C@@H]1CCCN1C(=O)[C@@H](Cc1ccccc1)NC(=O)OCc1ccccc1)CCOC. The predicted molar refractivity (Wildman–Crippen MR) is 151 cm³/mol. The molecule has 3 rings (SSSR count). The van der Waals surface area contributed by atoms with E-state index in [0.717, 1.165) is 36.8 Å². The molecule has 1 saturated heterocycles. The second-order valence-electron chi connectivity index (χ2n) is 9.94. The number of likely N-dealkylation sites (tertiary alicyclic amines) is 1. The number of ether oxygens (including phenoxy) is 2. The van der Waals surface area contributed by atoms with Crippen LogP contribution in [0.25, 0.3) is 0 Å². The molecule has 1 N–H and O–H groups in total. The van der Waals surface area contributed by atoms with Crippen molar-refractivity contribution in [2.75, 3.05) is 20.3 Å². The lowest BCUT2D eigenvalue weighted by Gasteiger charge is -2.28. The number of amides is 3. The molecule has 3 amide bonds. The highest BCUT2D eigenvalue weighted by Gasteiger charge is 2.37. The number of hydrogen-bond acceptors (Lipinski definition) is 5. The monoisotopic (exact) mass is 535 g/mol. The van der Waals surface area contributed by atoms with Crippen LogP contribution in [-0.4, -0.2) is 61.4 Å². The second-order valence-corrected chi connectivity index (χ2v) is 9.94. The van der Waals surface area contributed by atoms with E-state index >= 15 is 0 Å². The normalized spacial score (nSPS) is 16.7. The van der Waals surface area contributed by atoms with E-state index in [1.54, 1.807) is 18.2 Å². The summed E-state index contributed by atoms with van der Waals surface area (Å²) < 4.78 is 10.6. The third-order valence-electron chi connectivity index (χ3n) is 6.94. The van der Waals surface area contributed by atoms with Crippen molar-refractivity contribution in [1.82, 2.24) is 10.2 Å². The maximum Gasteiger partial charge on any atom is 0.408 e. The van der Waals surface area contributed by atoms with Crippen molar-refractivity contribution in [2.45, 2.75) is 70.6 Å². The Morgan fingerprint density at radius 2 is 1.74 bits per heavy atom. The molecule has 210 valence electrons. The van der Waals surface area contributed by atoms with Gasteiger partial charge in [-0.3, -0.25) is 9.59 Å². The summed E-state index contributed by atoms with van der Waals surface area (Å²) in [5.41, 5.74) is 1.75. The molecular weight excluding hydrogens is 494 g/mol. The average molecular weight is 536 g/mol. The van der Waals surface area contributed by atoms with Gasteiger partial charge >= 0.3 is 6.09 Å². The Morgan fingerprint density at radius 3 is 2.41 bits per heavy atom. The highest BCUT2D eigenvalue weighted by Crippen LogP contribution is 2.21. The molecule has 0 spiro atoms. The highest BCUT2D eigenvalue weighted by atomic mass is 16.5. The molecule has 8 nitrogen and oxygen atoms in total. The molecule has 0 aromatic heterocycles. The molecule has 39 heavy (non-hydrogen) atoms. The lowest BCUT2D eigenvalue weighted by Crippen LogP contribution is -2.52. The van der Waals surface area contributed by atoms with Gasteiger partial charge in [0.05, 0.1) is 0 Å². The van der Waals surface area contributed by atoms with Crippen molar-refractivity contribution in [3.63, 3.8) is 0 Å². The maximum atomic E-state index is 13.7. The van der Waals surface area contributed by atoms with Crippen molar-refractivity contribution in [1.29, 1.82) is 0 Å². The second kappa shape index (κ2) is 16.4. The molecule has 0 radical (unpaired) electrons. The Labute approximate surface area is 231 Å². The minimum absolute atomic E-state index is 0.0979. The zero-order valence-electron chi connectivity index (χ0n) is 23.1. The zero-order chi connectivity index (χ0) is 27.9. The molecule has 2 aromatic rings. The van der Waals surface area contributed by atoms with Crippen LogP contribution in [0.1, 0.15) is 56.6 Å². The van der Waals surface area contributed by atoms with Crippen molar-refractivity contribution in [2.24, 2.45) is 10.9 Å². The predicted octanol–water partition coefficient (Wildman–Crippen LogP) is 4.96. The van der Waals surface area contributed by atoms with Crippen LogP contribution >= 0.6 is 0 Å². The van der Waals surface area contributed by atoms with E-state index in [0.29, 0.717) is 26.0 Å². The maximum absolute atomic E-state index is 13.7. The third kappa shape index (κ3) is 9.94. The Bertz CT molecular complexity index is 1050. The van der Waals surface area contributed by atoms with Gasteiger partial charge in [0.15, 0.2) is 0 Å². The third-order valence-corrected chi connectivity index (χ3v) is 6.94. The number of carbonyl (C=O) groups excluding carboxylic acids is 3. The summed E-state index contributed by atoms with van der Waals surface area (Å²) in [6.07, 6.45) is 6.47. The Morgan fingerprint density at radius 1 is 1.05 bits per heavy atom. The molecule has 1 aliphatic heterocycles. The van der Waals surface area contributed by atoms with Gasteiger partial charge in [0.2, 0.25) is 5.91 Å². The van der Waals surface area contributed by atoms with Crippen LogP contribution in [0, 0.1) is 5.92 Å². The van der Waals surface area contributed by atoms with E-state index in [2.05, 4.69) is 17.2 Å². The fourth-order valence-corrected chi connectivity index (χ4v) is 4.74. The van der Waals surface area contributed by atoms with Crippen LogP contribution in [0.5, 0.6) is 0 Å². The minimum Gasteiger partial charge on any atom is -0.445 e. The Balaban J connectivity index is 1.69. The number of hydrogen-bond donors (Lipinski definition) is 1. The van der Waals surface area contributed by atoms with Crippen LogP contribution in [0.4, 0.5) is 4.79 Å². The fraction of sp³-hybridized carbons (Fsp3) is 0.484. The fourth-order valence-electron chi connectivity index (χ4n) is 4.74. The van der Waals surface area contributed by atoms with Gasteiger partial charge in [0.1, 0.15) is 18.7 Å². The van der Waals surface area contributed by atoms with Gasteiger partial charge in [0.25, 0.3) is 5.91 Å². The molecule has 0 aliphatic carbocycles. The molecule has 1 unspecified atom stereocenters. The quantitative estimate of drug-likeness (QED) is 0.345. The molecule has 0 bridgehead atoms. The summed E-state index contributed by atoms with van der Waals surface area (Å²) >= 11 is 0. The number of methoxy groups -OCH3 is 1. The first-order chi connectivity index (χ1) is 19.0. The molecule has 1 heterocycles. The molecule has 8 heteroatoms. The van der Waals surface area contributed by atoms with Crippen LogP contribution in [0.15, 0.2) is 65.7 Å². The highest BCUT2D eigenvalue weighted by molar-refractivity contribution is 5.95. The first kappa shape index (κ1) is 30.0. The van der Waals surface area contributed by atoms with E-state index in [1.165, 1.54) is 0 Å². The van der Waals surface area contributed by atoms with Gasteiger partial charge < -0.3 is 19.7 Å². The van der Waals surface area contributed by atoms with E-state index in [4.69, 9.17) is 9.47 Å². The summed E-state index contributed by atoms with van der Waals surface area (Å²) in [5.74, 6) is -0.459. The minimum atomic E-state index is -0.868. The zero-order valence-corrected chi connectivity index (χ0v) is 23.1. The number of nitrogens with zero attached hydrogens (tertiary/aromatic N) is 2. The molecule has 3 atom stereocenters. The molecule has 1 aliphatic rings. The van der Waals surface area contributed by atoms with Crippen LogP contribution in [0.3, 0.4) is 0 Å². The van der Waals surface area contributed by atoms with Gasteiger partial charge in [-0.25, -0.2) is 9.79 Å². The van der Waals surface area contributed by atoms with E-state index in [-0.39, 0.29) is 30.8 Å². The number of rotatable bonds is 14. The van der Waals surface area contributed by atoms with Gasteiger partial charge in [0, 0.05) is 32.9 Å². The first-order valence-corrected chi connectivity index (χ1v) is 13.9. The Hall–Kier alpha value is -3.52. The number of carbonyl (C=O) groups is 3. The van der Waals surface area contributed by atoms with E-state index in [1.807, 2.05) is 60.7 Å². The largest absolute Gasteiger partial charge is 0.445 e. The smallest absolute Gasteiger partial charge is 0.408 e. The topological polar surface area (TPSA) is 97.3 Å². The van der Waals surface area contributed by atoms with Crippen LogP contribution in [0.2, 0.25) is 0 Å². The number of alkyl carbamates (subject to hydrolysis) is 1. The van der Waals surface area contributed by atoms with Crippen molar-refractivity contribution in [3.05, 3.63) is 71.8 Å². The van der Waals surface area contributed by atoms with Gasteiger partial charge in [-0.05, 0) is 42.7 Å². The summed E-state index contributed by atoms with van der Waals surface area (Å²) in [5, 5.41) is 2.75. The number of nitrogens with one attached hydrogen (secondary N) is 1. The Kier molecular flexibility index (Phi) is 12.7. The van der Waals surface area contributed by atoms with Gasteiger partial charge in [-0.2, -0.15) is 0 Å². The lowest BCUT2D eigenvalue weighted by atomic mass is 10.0. The van der Waals surface area contributed by atoms with Crippen LogP contribution < -0.4 is 5.32 Å². The number of unbranched alkanes of at least 4 members (excludes halogenated alkanes) is 1. The molecule has 1 fully saturated rings. The van der Waals surface area contributed by atoms with Crippen molar-refractivity contribution in [3.8, 4) is 0 Å². The van der Waals surface area contributed by atoms with E-state index in [9.17, 15) is 14.4 Å². The van der Waals surface area contributed by atoms with Crippen LogP contribution in [-0.2, 0) is 32.1 Å². The van der Waals surface area contributed by atoms with Gasteiger partial charge in [-0.15, -0.1) is 0 Å². The molecule has 2 aromatic carbocycles. The number of benzene rings is 2. The molecule has 0 saturated carbocycles. The summed E-state index contributed by atoms with van der Waals surface area (Å²) in [7, 11) is 1.67.